The van der Waals surface area contributed by atoms with E-state index in [4.69, 9.17) is 16.3 Å². The molecule has 0 unspecified atom stereocenters. The second-order valence-electron chi connectivity index (χ2n) is 5.82. The molecular formula is C19H18ClN3O3. The lowest BCUT2D eigenvalue weighted by atomic mass is 10.1. The fourth-order valence-electron chi connectivity index (χ4n) is 2.70. The monoisotopic (exact) mass is 371 g/mol. The van der Waals surface area contributed by atoms with Crippen molar-refractivity contribution in [1.82, 2.24) is 15.4 Å². The Balaban J connectivity index is 1.63. The minimum Gasteiger partial charge on any atom is -0.497 e. The van der Waals surface area contributed by atoms with E-state index < -0.39 is 5.91 Å². The van der Waals surface area contributed by atoms with E-state index in [0.717, 1.165) is 22.2 Å². The number of fused-ring (bicyclic) bond motifs is 1. The van der Waals surface area contributed by atoms with E-state index in [1.54, 1.807) is 61.2 Å². The lowest BCUT2D eigenvalue weighted by Gasteiger charge is -2.08. The minimum absolute atomic E-state index is 0.148. The molecule has 0 spiro atoms. The van der Waals surface area contributed by atoms with Gasteiger partial charge in [-0.15, -0.1) is 0 Å². The summed E-state index contributed by atoms with van der Waals surface area (Å²) >= 11 is 5.98. The van der Waals surface area contributed by atoms with Crippen LogP contribution in [-0.4, -0.2) is 23.5 Å². The Morgan fingerprint density at radius 1 is 1.08 bits per heavy atom. The number of nitrogens with zero attached hydrogens (tertiary/aromatic N) is 1. The van der Waals surface area contributed by atoms with Gasteiger partial charge in [0.1, 0.15) is 11.4 Å². The molecule has 0 fully saturated rings. The van der Waals surface area contributed by atoms with Crippen molar-refractivity contribution in [2.45, 2.75) is 6.42 Å². The molecule has 0 atom stereocenters. The molecule has 0 aliphatic heterocycles. The van der Waals surface area contributed by atoms with Crippen molar-refractivity contribution in [3.8, 4) is 5.75 Å². The molecule has 7 heteroatoms. The lowest BCUT2D eigenvalue weighted by molar-refractivity contribution is -0.121. The van der Waals surface area contributed by atoms with Gasteiger partial charge >= 0.3 is 0 Å². The molecule has 0 aliphatic rings. The first-order valence-electron chi connectivity index (χ1n) is 7.95. The van der Waals surface area contributed by atoms with Crippen LogP contribution in [0.3, 0.4) is 0 Å². The molecule has 134 valence electrons. The molecule has 0 aliphatic carbocycles. The topological polar surface area (TPSA) is 72.4 Å². The summed E-state index contributed by atoms with van der Waals surface area (Å²) in [5.41, 5.74) is 6.99. The van der Waals surface area contributed by atoms with Gasteiger partial charge in [-0.25, -0.2) is 0 Å². The predicted molar refractivity (Wildman–Crippen MR) is 100 cm³/mol. The second kappa shape index (κ2) is 7.49. The number of hydrogen-bond donors (Lipinski definition) is 2. The summed E-state index contributed by atoms with van der Waals surface area (Å²) in [6.07, 6.45) is 0.148. The van der Waals surface area contributed by atoms with Gasteiger partial charge in [-0.05, 0) is 42.0 Å². The van der Waals surface area contributed by atoms with Gasteiger partial charge in [0.15, 0.2) is 0 Å². The first-order valence-corrected chi connectivity index (χ1v) is 8.33. The molecule has 0 radical (unpaired) electrons. The zero-order valence-corrected chi connectivity index (χ0v) is 15.1. The number of hydrazine groups is 1. The van der Waals surface area contributed by atoms with E-state index in [1.165, 1.54) is 0 Å². The molecule has 0 saturated heterocycles. The molecule has 1 heterocycles. The number of benzene rings is 2. The van der Waals surface area contributed by atoms with Gasteiger partial charge in [0.2, 0.25) is 5.91 Å². The van der Waals surface area contributed by atoms with E-state index in [2.05, 4.69) is 10.9 Å². The SMILES string of the molecule is COc1ccc(CC(=O)NNC(=O)c2cc3cc(Cl)ccc3n2C)cc1. The number of aryl methyl sites for hydroxylation is 1. The van der Waals surface area contributed by atoms with Crippen LogP contribution in [0.4, 0.5) is 0 Å². The normalized spacial score (nSPS) is 10.6. The number of hydrogen-bond acceptors (Lipinski definition) is 3. The summed E-state index contributed by atoms with van der Waals surface area (Å²) in [7, 11) is 3.36. The molecule has 2 N–H and O–H groups in total. The summed E-state index contributed by atoms with van der Waals surface area (Å²) in [6, 6.07) is 14.3. The van der Waals surface area contributed by atoms with Gasteiger partial charge in [-0.1, -0.05) is 23.7 Å². The van der Waals surface area contributed by atoms with Crippen molar-refractivity contribution in [2.24, 2.45) is 7.05 Å². The largest absolute Gasteiger partial charge is 0.497 e. The summed E-state index contributed by atoms with van der Waals surface area (Å²) < 4.78 is 6.82. The third kappa shape index (κ3) is 3.81. The number of carbonyl (C=O) groups excluding carboxylic acids is 2. The Morgan fingerprint density at radius 3 is 2.50 bits per heavy atom. The summed E-state index contributed by atoms with van der Waals surface area (Å²) in [5.74, 6) is 0.00608. The van der Waals surface area contributed by atoms with Crippen molar-refractivity contribution < 1.29 is 14.3 Å². The Bertz CT molecular complexity index is 964. The summed E-state index contributed by atoms with van der Waals surface area (Å²) in [4.78, 5) is 24.4. The Labute approximate surface area is 155 Å². The zero-order valence-electron chi connectivity index (χ0n) is 14.4. The number of aromatic nitrogens is 1. The number of carbonyl (C=O) groups is 2. The van der Waals surface area contributed by atoms with Crippen LogP contribution in [0.15, 0.2) is 48.5 Å². The highest BCUT2D eigenvalue weighted by Gasteiger charge is 2.14. The smallest absolute Gasteiger partial charge is 0.286 e. The van der Waals surface area contributed by atoms with Crippen LogP contribution in [0, 0.1) is 0 Å². The maximum absolute atomic E-state index is 12.4. The van der Waals surface area contributed by atoms with E-state index in [9.17, 15) is 9.59 Å². The number of ether oxygens (including phenoxy) is 1. The van der Waals surface area contributed by atoms with E-state index in [-0.39, 0.29) is 12.3 Å². The standard InChI is InChI=1S/C19H18ClN3O3/c1-23-16-8-5-14(20)10-13(16)11-17(23)19(25)22-21-18(24)9-12-3-6-15(26-2)7-4-12/h3-8,10-11H,9H2,1-2H3,(H,21,24)(H,22,25). The summed E-state index contributed by atoms with van der Waals surface area (Å²) in [5, 5.41) is 1.46. The highest BCUT2D eigenvalue weighted by molar-refractivity contribution is 6.31. The Morgan fingerprint density at radius 2 is 1.81 bits per heavy atom. The van der Waals surface area contributed by atoms with Crippen molar-refractivity contribution in [3.05, 3.63) is 64.8 Å². The molecule has 26 heavy (non-hydrogen) atoms. The fraction of sp³-hybridized carbons (Fsp3) is 0.158. The second-order valence-corrected chi connectivity index (χ2v) is 6.26. The maximum atomic E-state index is 12.4. The van der Waals surface area contributed by atoms with Gasteiger partial charge in [-0.2, -0.15) is 0 Å². The molecule has 3 rings (SSSR count). The van der Waals surface area contributed by atoms with Crippen molar-refractivity contribution in [3.63, 3.8) is 0 Å². The lowest BCUT2D eigenvalue weighted by Crippen LogP contribution is -2.42. The average Bonchev–Trinajstić information content (AvgIpc) is 2.96. The minimum atomic E-state index is -0.400. The van der Waals surface area contributed by atoms with Crippen molar-refractivity contribution in [2.75, 3.05) is 7.11 Å². The van der Waals surface area contributed by atoms with Crippen molar-refractivity contribution >= 4 is 34.3 Å². The van der Waals surface area contributed by atoms with Gasteiger partial charge < -0.3 is 9.30 Å². The van der Waals surface area contributed by atoms with E-state index >= 15 is 0 Å². The van der Waals surface area contributed by atoms with E-state index in [0.29, 0.717) is 10.7 Å². The predicted octanol–water partition coefficient (Wildman–Crippen LogP) is 2.84. The molecule has 0 saturated carbocycles. The Hall–Kier alpha value is -2.99. The van der Waals surface area contributed by atoms with Crippen LogP contribution < -0.4 is 15.6 Å². The first-order chi connectivity index (χ1) is 12.5. The number of rotatable bonds is 4. The van der Waals surface area contributed by atoms with E-state index in [1.807, 2.05) is 6.07 Å². The first kappa shape index (κ1) is 17.8. The zero-order chi connectivity index (χ0) is 18.7. The third-order valence-corrected chi connectivity index (χ3v) is 4.31. The van der Waals surface area contributed by atoms with Gasteiger partial charge in [0.25, 0.3) is 5.91 Å². The third-order valence-electron chi connectivity index (χ3n) is 4.08. The molecule has 3 aromatic rings. The molecule has 2 amide bonds. The average molecular weight is 372 g/mol. The van der Waals surface area contributed by atoms with Gasteiger partial charge in [0.05, 0.1) is 13.5 Å². The van der Waals surface area contributed by atoms with Crippen LogP contribution in [0.1, 0.15) is 16.1 Å². The highest BCUT2D eigenvalue weighted by atomic mass is 35.5. The fourth-order valence-corrected chi connectivity index (χ4v) is 2.88. The number of halogens is 1. The van der Waals surface area contributed by atoms with Crippen LogP contribution in [0.5, 0.6) is 5.75 Å². The molecule has 0 bridgehead atoms. The Kier molecular flexibility index (Phi) is 5.14. The number of methoxy groups -OCH3 is 1. The van der Waals surface area contributed by atoms with Crippen LogP contribution in [-0.2, 0) is 18.3 Å². The molecule has 2 aromatic carbocycles. The van der Waals surface area contributed by atoms with Crippen molar-refractivity contribution in [1.29, 1.82) is 0 Å². The van der Waals surface area contributed by atoms with Crippen LogP contribution >= 0.6 is 11.6 Å². The van der Waals surface area contributed by atoms with Crippen LogP contribution in [0.2, 0.25) is 5.02 Å². The van der Waals surface area contributed by atoms with Gasteiger partial charge in [-0.3, -0.25) is 20.4 Å². The number of nitrogens with one attached hydrogen (secondary N) is 2. The summed E-state index contributed by atoms with van der Waals surface area (Å²) in [6.45, 7) is 0. The number of amides is 2. The van der Waals surface area contributed by atoms with Gasteiger partial charge in [0, 0.05) is 23.0 Å². The molecule has 6 nitrogen and oxygen atoms in total. The highest BCUT2D eigenvalue weighted by Crippen LogP contribution is 2.22. The molecular weight excluding hydrogens is 354 g/mol. The quantitative estimate of drug-likeness (QED) is 0.693. The molecule has 1 aromatic heterocycles. The van der Waals surface area contributed by atoms with Crippen LogP contribution in [0.25, 0.3) is 10.9 Å². The maximum Gasteiger partial charge on any atom is 0.286 e.